The Kier molecular flexibility index (Phi) is 5.13. The summed E-state index contributed by atoms with van der Waals surface area (Å²) in [5.74, 6) is 1.21. The molecule has 1 atom stereocenters. The van der Waals surface area contributed by atoms with Gasteiger partial charge in [-0.15, -0.1) is 0 Å². The van der Waals surface area contributed by atoms with Crippen LogP contribution in [0.1, 0.15) is 34.0 Å². The van der Waals surface area contributed by atoms with E-state index in [-0.39, 0.29) is 5.91 Å². The maximum atomic E-state index is 13.7. The molecular formula is C26H26N4O2. The lowest BCUT2D eigenvalue weighted by Gasteiger charge is -2.18. The van der Waals surface area contributed by atoms with Gasteiger partial charge >= 0.3 is 0 Å². The maximum Gasteiger partial charge on any atom is 0.254 e. The van der Waals surface area contributed by atoms with Gasteiger partial charge < -0.3 is 9.64 Å². The van der Waals surface area contributed by atoms with Crippen molar-refractivity contribution in [1.82, 2.24) is 19.7 Å². The first-order valence-corrected chi connectivity index (χ1v) is 10.9. The first-order chi connectivity index (χ1) is 15.5. The number of fused-ring (bicyclic) bond motifs is 1. The lowest BCUT2D eigenvalue weighted by atomic mass is 9.98. The normalized spacial score (nSPS) is 16.0. The van der Waals surface area contributed by atoms with E-state index in [9.17, 15) is 4.79 Å². The molecule has 3 heterocycles. The molecule has 6 heteroatoms. The smallest absolute Gasteiger partial charge is 0.254 e. The van der Waals surface area contributed by atoms with Crippen molar-refractivity contribution >= 4 is 16.9 Å². The Morgan fingerprint density at radius 2 is 1.84 bits per heavy atom. The number of aromatic nitrogens is 3. The summed E-state index contributed by atoms with van der Waals surface area (Å²) < 4.78 is 7.03. The fourth-order valence-electron chi connectivity index (χ4n) is 4.63. The number of hydrogen-bond acceptors (Lipinski definition) is 4. The van der Waals surface area contributed by atoms with Crippen molar-refractivity contribution in [2.24, 2.45) is 7.05 Å². The van der Waals surface area contributed by atoms with Crippen LogP contribution in [-0.4, -0.2) is 45.8 Å². The Morgan fingerprint density at radius 1 is 1.09 bits per heavy atom. The van der Waals surface area contributed by atoms with Gasteiger partial charge in [-0.2, -0.15) is 5.10 Å². The van der Waals surface area contributed by atoms with Gasteiger partial charge in [-0.05, 0) is 37.1 Å². The summed E-state index contributed by atoms with van der Waals surface area (Å²) in [5, 5.41) is 5.38. The van der Waals surface area contributed by atoms with E-state index < -0.39 is 0 Å². The minimum absolute atomic E-state index is 0.0432. The van der Waals surface area contributed by atoms with E-state index in [1.165, 1.54) is 5.56 Å². The first-order valence-electron chi connectivity index (χ1n) is 10.9. The number of likely N-dealkylation sites (tertiary alicyclic amines) is 1. The van der Waals surface area contributed by atoms with Gasteiger partial charge in [0.2, 0.25) is 0 Å². The third-order valence-electron chi connectivity index (χ3n) is 6.33. The van der Waals surface area contributed by atoms with E-state index in [1.807, 2.05) is 67.4 Å². The van der Waals surface area contributed by atoms with Crippen LogP contribution in [0.2, 0.25) is 0 Å². The third-order valence-corrected chi connectivity index (χ3v) is 6.33. The van der Waals surface area contributed by atoms with Gasteiger partial charge in [0.25, 0.3) is 5.91 Å². The minimum Gasteiger partial charge on any atom is -0.497 e. The van der Waals surface area contributed by atoms with Gasteiger partial charge in [0.15, 0.2) is 5.65 Å². The largest absolute Gasteiger partial charge is 0.497 e. The van der Waals surface area contributed by atoms with Gasteiger partial charge in [0, 0.05) is 31.6 Å². The van der Waals surface area contributed by atoms with Crippen LogP contribution in [0.5, 0.6) is 5.75 Å². The SMILES string of the molecule is COc1ccc(C2CCN(C(=O)c3cc(-c4ccccc4)nc4c3c(C)nn4C)C2)cc1. The van der Waals surface area contributed by atoms with Crippen molar-refractivity contribution in [2.45, 2.75) is 19.3 Å². The molecule has 1 fully saturated rings. The number of methoxy groups -OCH3 is 1. The number of rotatable bonds is 4. The molecule has 32 heavy (non-hydrogen) atoms. The van der Waals surface area contributed by atoms with Gasteiger partial charge in [0.05, 0.1) is 29.4 Å². The zero-order valence-electron chi connectivity index (χ0n) is 18.6. The number of benzene rings is 2. The number of amides is 1. The molecule has 1 unspecified atom stereocenters. The fourth-order valence-corrected chi connectivity index (χ4v) is 4.63. The van der Waals surface area contributed by atoms with Crippen LogP contribution < -0.4 is 4.74 Å². The molecule has 2 aromatic heterocycles. The average molecular weight is 427 g/mol. The van der Waals surface area contributed by atoms with Crippen LogP contribution in [0.4, 0.5) is 0 Å². The highest BCUT2D eigenvalue weighted by molar-refractivity contribution is 6.07. The number of ether oxygens (including phenoxy) is 1. The lowest BCUT2D eigenvalue weighted by Crippen LogP contribution is -2.28. The van der Waals surface area contributed by atoms with E-state index in [4.69, 9.17) is 9.72 Å². The van der Waals surface area contributed by atoms with E-state index in [0.29, 0.717) is 18.0 Å². The first kappa shape index (κ1) is 20.2. The highest BCUT2D eigenvalue weighted by Crippen LogP contribution is 2.32. The summed E-state index contributed by atoms with van der Waals surface area (Å²) in [6.07, 6.45) is 0.948. The van der Waals surface area contributed by atoms with Crippen LogP contribution in [0.15, 0.2) is 60.7 Å². The molecule has 1 aliphatic rings. The zero-order chi connectivity index (χ0) is 22.2. The maximum absolute atomic E-state index is 13.7. The van der Waals surface area contributed by atoms with Crippen molar-refractivity contribution in [3.05, 3.63) is 77.5 Å². The molecule has 0 aliphatic carbocycles. The number of carbonyl (C=O) groups is 1. The second-order valence-electron chi connectivity index (χ2n) is 8.34. The second-order valence-corrected chi connectivity index (χ2v) is 8.34. The molecule has 5 rings (SSSR count). The molecule has 0 bridgehead atoms. The molecule has 162 valence electrons. The predicted octanol–water partition coefficient (Wildman–Crippen LogP) is 4.58. The van der Waals surface area contributed by atoms with E-state index in [0.717, 1.165) is 46.7 Å². The molecule has 2 aromatic carbocycles. The average Bonchev–Trinajstić information content (AvgIpc) is 3.44. The van der Waals surface area contributed by atoms with Crippen LogP contribution in [0.25, 0.3) is 22.3 Å². The summed E-state index contributed by atoms with van der Waals surface area (Å²) in [6, 6.07) is 20.1. The van der Waals surface area contributed by atoms with Crippen LogP contribution in [0, 0.1) is 6.92 Å². The van der Waals surface area contributed by atoms with Gasteiger partial charge in [-0.3, -0.25) is 9.48 Å². The predicted molar refractivity (Wildman–Crippen MR) is 125 cm³/mol. The fraction of sp³-hybridized carbons (Fsp3) is 0.269. The monoisotopic (exact) mass is 426 g/mol. The quantitative estimate of drug-likeness (QED) is 0.479. The van der Waals surface area contributed by atoms with E-state index in [1.54, 1.807) is 11.8 Å². The summed E-state index contributed by atoms with van der Waals surface area (Å²) in [7, 11) is 3.55. The van der Waals surface area contributed by atoms with Crippen molar-refractivity contribution in [3.8, 4) is 17.0 Å². The molecule has 1 aliphatic heterocycles. The van der Waals surface area contributed by atoms with Crippen molar-refractivity contribution in [1.29, 1.82) is 0 Å². The Morgan fingerprint density at radius 3 is 2.56 bits per heavy atom. The van der Waals surface area contributed by atoms with Crippen LogP contribution in [-0.2, 0) is 7.05 Å². The van der Waals surface area contributed by atoms with Crippen LogP contribution in [0.3, 0.4) is 0 Å². The Hall–Kier alpha value is -3.67. The molecule has 0 spiro atoms. The van der Waals surface area contributed by atoms with Gasteiger partial charge in [-0.25, -0.2) is 4.98 Å². The molecule has 4 aromatic rings. The Balaban J connectivity index is 1.50. The summed E-state index contributed by atoms with van der Waals surface area (Å²) >= 11 is 0. The molecule has 1 amide bonds. The molecule has 6 nitrogen and oxygen atoms in total. The lowest BCUT2D eigenvalue weighted by molar-refractivity contribution is 0.0792. The Labute approximate surface area is 187 Å². The molecule has 0 saturated carbocycles. The molecule has 1 saturated heterocycles. The van der Waals surface area contributed by atoms with Gasteiger partial charge in [0.1, 0.15) is 5.75 Å². The molecule has 0 radical (unpaired) electrons. The van der Waals surface area contributed by atoms with E-state index in [2.05, 4.69) is 17.2 Å². The Bertz CT molecular complexity index is 1280. The zero-order valence-corrected chi connectivity index (χ0v) is 18.6. The topological polar surface area (TPSA) is 60.2 Å². The number of pyridine rings is 1. The number of aryl methyl sites for hydroxylation is 2. The van der Waals surface area contributed by atoms with Crippen LogP contribution >= 0.6 is 0 Å². The molecular weight excluding hydrogens is 400 g/mol. The number of carbonyl (C=O) groups excluding carboxylic acids is 1. The number of hydrogen-bond donors (Lipinski definition) is 0. The standard InChI is InChI=1S/C26H26N4O2/c1-17-24-22(15-23(19-7-5-4-6-8-19)27-25(24)29(2)28-17)26(31)30-14-13-20(16-30)18-9-11-21(32-3)12-10-18/h4-12,15,20H,13-14,16H2,1-3H3. The third kappa shape index (κ3) is 3.51. The summed E-state index contributed by atoms with van der Waals surface area (Å²) in [6.45, 7) is 3.38. The van der Waals surface area contributed by atoms with Gasteiger partial charge in [-0.1, -0.05) is 42.5 Å². The molecule has 0 N–H and O–H groups in total. The van der Waals surface area contributed by atoms with Crippen molar-refractivity contribution < 1.29 is 9.53 Å². The second kappa shape index (κ2) is 8.11. The van der Waals surface area contributed by atoms with Crippen molar-refractivity contribution in [3.63, 3.8) is 0 Å². The van der Waals surface area contributed by atoms with E-state index >= 15 is 0 Å². The minimum atomic E-state index is 0.0432. The van der Waals surface area contributed by atoms with Crippen molar-refractivity contribution in [2.75, 3.05) is 20.2 Å². The summed E-state index contributed by atoms with van der Waals surface area (Å²) in [5.41, 5.74) is 5.25. The summed E-state index contributed by atoms with van der Waals surface area (Å²) in [4.78, 5) is 20.5. The highest BCUT2D eigenvalue weighted by atomic mass is 16.5. The highest BCUT2D eigenvalue weighted by Gasteiger charge is 2.30. The number of nitrogens with zero attached hydrogens (tertiary/aromatic N) is 4.